The van der Waals surface area contributed by atoms with E-state index in [-0.39, 0.29) is 24.8 Å². The van der Waals surface area contributed by atoms with Crippen molar-refractivity contribution in [1.29, 1.82) is 0 Å². The molecule has 2 aliphatic rings. The van der Waals surface area contributed by atoms with Gasteiger partial charge in [0.05, 0.1) is 5.56 Å². The number of para-hydroxylation sites is 1. The van der Waals surface area contributed by atoms with Gasteiger partial charge in [-0.15, -0.1) is 0 Å². The van der Waals surface area contributed by atoms with Gasteiger partial charge in [0.1, 0.15) is 11.8 Å². The van der Waals surface area contributed by atoms with E-state index < -0.39 is 0 Å². The molecule has 0 spiro atoms. The fourth-order valence-electron chi connectivity index (χ4n) is 3.81. The minimum absolute atomic E-state index is 0.0660. The fraction of sp³-hybridized carbons (Fsp3) is 0.130. The van der Waals surface area contributed by atoms with E-state index in [4.69, 9.17) is 21.1 Å². The predicted molar refractivity (Wildman–Crippen MR) is 111 cm³/mol. The molecule has 3 aromatic carbocycles. The summed E-state index contributed by atoms with van der Waals surface area (Å²) in [4.78, 5) is 0. The Labute approximate surface area is 173 Å². The number of fused-ring (bicyclic) bond motifs is 1. The van der Waals surface area contributed by atoms with Crippen LogP contribution in [0.4, 0.5) is 0 Å². The number of halogens is 1. The number of phenolic OH excluding ortho intramolecular Hbond substituents is 1. The predicted octanol–water partition coefficient (Wildman–Crippen LogP) is 3.72. The van der Waals surface area contributed by atoms with Crippen LogP contribution in [0.25, 0.3) is 5.70 Å². The lowest BCUT2D eigenvalue weighted by atomic mass is 9.97. The summed E-state index contributed by atoms with van der Waals surface area (Å²) in [6.07, 6.45) is 2.05. The van der Waals surface area contributed by atoms with Crippen molar-refractivity contribution in [2.45, 2.75) is 12.2 Å². The Morgan fingerprint density at radius 1 is 0.966 bits per heavy atom. The molecule has 2 aliphatic heterocycles. The van der Waals surface area contributed by atoms with Crippen molar-refractivity contribution in [3.8, 4) is 17.2 Å². The molecule has 0 aromatic heterocycles. The van der Waals surface area contributed by atoms with Crippen LogP contribution in [0.15, 0.2) is 72.8 Å². The average Bonchev–Trinajstić information content (AvgIpc) is 3.22. The van der Waals surface area contributed by atoms with E-state index in [1.807, 2.05) is 60.7 Å². The second-order valence-corrected chi connectivity index (χ2v) is 7.54. The molecule has 2 unspecified atom stereocenters. The van der Waals surface area contributed by atoms with E-state index >= 15 is 0 Å². The number of ether oxygens (including phenoxy) is 2. The second kappa shape index (κ2) is 7.35. The number of hydrogen-bond acceptors (Lipinski definition) is 4. The number of benzene rings is 3. The third-order valence-electron chi connectivity index (χ3n) is 5.24. The number of hydrogen-bond donors (Lipinski definition) is 3. The summed E-state index contributed by atoms with van der Waals surface area (Å²) in [5.74, 6) is 1.76. The van der Waals surface area contributed by atoms with E-state index in [1.54, 1.807) is 6.07 Å². The first-order valence-electron chi connectivity index (χ1n) is 9.44. The van der Waals surface area contributed by atoms with Gasteiger partial charge in [0.25, 0.3) is 0 Å². The van der Waals surface area contributed by atoms with E-state index in [2.05, 4.69) is 16.7 Å². The zero-order chi connectivity index (χ0) is 19.8. The van der Waals surface area contributed by atoms with E-state index in [1.165, 1.54) is 0 Å². The highest BCUT2D eigenvalue weighted by molar-refractivity contribution is 6.30. The van der Waals surface area contributed by atoms with Crippen LogP contribution in [0.1, 0.15) is 28.9 Å². The number of nitrogens with two attached hydrogens (primary N) is 1. The molecule has 0 saturated carbocycles. The number of quaternary nitrogens is 1. The van der Waals surface area contributed by atoms with Gasteiger partial charge in [-0.3, -0.25) is 0 Å². The maximum atomic E-state index is 10.4. The summed E-state index contributed by atoms with van der Waals surface area (Å²) in [5.41, 5.74) is 3.88. The fourth-order valence-corrected chi connectivity index (χ4v) is 4.01. The largest absolute Gasteiger partial charge is 0.507 e. The smallest absolute Gasteiger partial charge is 0.231 e. The summed E-state index contributed by atoms with van der Waals surface area (Å²) in [6.45, 7) is 0.241. The minimum Gasteiger partial charge on any atom is -0.507 e. The van der Waals surface area contributed by atoms with Crippen molar-refractivity contribution in [3.05, 3.63) is 94.5 Å². The maximum absolute atomic E-state index is 10.4. The summed E-state index contributed by atoms with van der Waals surface area (Å²) in [7, 11) is 0. The molecule has 5 rings (SSSR count). The maximum Gasteiger partial charge on any atom is 0.231 e. The molecule has 6 heteroatoms. The SMILES string of the molecule is Oc1ccccc1C1C=C(c2ccc3c(c2)OCO3)NC(c2cccc(Cl)c2)[NH2+]1. The molecule has 0 saturated heterocycles. The highest BCUT2D eigenvalue weighted by Crippen LogP contribution is 2.36. The molecule has 0 radical (unpaired) electrons. The summed E-state index contributed by atoms with van der Waals surface area (Å²) in [6, 6.07) is 21.1. The molecule has 4 N–H and O–H groups in total. The molecule has 2 heterocycles. The molecule has 5 nitrogen and oxygen atoms in total. The second-order valence-electron chi connectivity index (χ2n) is 7.10. The highest BCUT2D eigenvalue weighted by Gasteiger charge is 2.30. The molecule has 29 heavy (non-hydrogen) atoms. The molecule has 0 bridgehead atoms. The zero-order valence-corrected chi connectivity index (χ0v) is 16.3. The Bertz CT molecular complexity index is 1100. The van der Waals surface area contributed by atoms with Crippen molar-refractivity contribution >= 4 is 17.3 Å². The number of aromatic hydroxyl groups is 1. The lowest BCUT2D eigenvalue weighted by molar-refractivity contribution is -0.731. The van der Waals surface area contributed by atoms with Crippen molar-refractivity contribution < 1.29 is 19.9 Å². The standard InChI is InChI=1S/C23H19ClN2O3/c24-16-5-3-4-15(10-16)23-25-18(14-8-9-21-22(11-14)29-13-28-21)12-19(26-23)17-6-1-2-7-20(17)27/h1-12,19,23,25-27H,13H2/p+1. The Hall–Kier alpha value is -3.15. The molecular weight excluding hydrogens is 388 g/mol. The van der Waals surface area contributed by atoms with Crippen molar-refractivity contribution in [2.24, 2.45) is 0 Å². The van der Waals surface area contributed by atoms with Gasteiger partial charge in [0.15, 0.2) is 17.7 Å². The topological polar surface area (TPSA) is 67.3 Å². The number of nitrogens with one attached hydrogen (secondary N) is 1. The monoisotopic (exact) mass is 407 g/mol. The average molecular weight is 408 g/mol. The van der Waals surface area contributed by atoms with E-state index in [0.29, 0.717) is 5.02 Å². The van der Waals surface area contributed by atoms with Gasteiger partial charge in [0, 0.05) is 27.9 Å². The summed E-state index contributed by atoms with van der Waals surface area (Å²) in [5, 5.41) is 16.9. The van der Waals surface area contributed by atoms with Crippen LogP contribution in [0.3, 0.4) is 0 Å². The quantitative estimate of drug-likeness (QED) is 0.619. The van der Waals surface area contributed by atoms with Crippen molar-refractivity contribution in [3.63, 3.8) is 0 Å². The van der Waals surface area contributed by atoms with Crippen molar-refractivity contribution in [1.82, 2.24) is 5.32 Å². The van der Waals surface area contributed by atoms with Gasteiger partial charge in [-0.2, -0.15) is 0 Å². The van der Waals surface area contributed by atoms with Gasteiger partial charge >= 0.3 is 0 Å². The lowest BCUT2D eigenvalue weighted by Crippen LogP contribution is -2.89. The minimum atomic E-state index is -0.0677. The Kier molecular flexibility index (Phi) is 4.54. The highest BCUT2D eigenvalue weighted by atomic mass is 35.5. The Morgan fingerprint density at radius 3 is 2.69 bits per heavy atom. The van der Waals surface area contributed by atoms with Crippen LogP contribution in [-0.4, -0.2) is 11.9 Å². The summed E-state index contributed by atoms with van der Waals surface area (Å²) < 4.78 is 11.0. The first-order chi connectivity index (χ1) is 14.2. The lowest BCUT2D eigenvalue weighted by Gasteiger charge is -2.30. The zero-order valence-electron chi connectivity index (χ0n) is 15.5. The van der Waals surface area contributed by atoms with Crippen LogP contribution >= 0.6 is 11.6 Å². The van der Waals surface area contributed by atoms with Gasteiger partial charge in [-0.25, -0.2) is 0 Å². The van der Waals surface area contributed by atoms with Gasteiger partial charge in [0.2, 0.25) is 6.79 Å². The molecule has 0 fully saturated rings. The van der Waals surface area contributed by atoms with Crippen LogP contribution in [0.2, 0.25) is 5.02 Å². The van der Waals surface area contributed by atoms with E-state index in [0.717, 1.165) is 33.9 Å². The Morgan fingerprint density at radius 2 is 1.83 bits per heavy atom. The molecule has 0 amide bonds. The molecule has 2 atom stereocenters. The normalized spacial score (nSPS) is 20.1. The number of rotatable bonds is 3. The Balaban J connectivity index is 1.57. The summed E-state index contributed by atoms with van der Waals surface area (Å²) >= 11 is 6.23. The van der Waals surface area contributed by atoms with Crippen LogP contribution in [0, 0.1) is 0 Å². The van der Waals surface area contributed by atoms with Crippen LogP contribution in [-0.2, 0) is 0 Å². The van der Waals surface area contributed by atoms with Crippen LogP contribution in [0.5, 0.6) is 17.2 Å². The third kappa shape index (κ3) is 3.50. The van der Waals surface area contributed by atoms with Crippen molar-refractivity contribution in [2.75, 3.05) is 6.79 Å². The van der Waals surface area contributed by atoms with Gasteiger partial charge in [-0.1, -0.05) is 35.9 Å². The van der Waals surface area contributed by atoms with Crippen LogP contribution < -0.4 is 20.1 Å². The van der Waals surface area contributed by atoms with E-state index in [9.17, 15) is 5.11 Å². The molecule has 146 valence electrons. The van der Waals surface area contributed by atoms with Gasteiger partial charge in [-0.05, 0) is 42.5 Å². The van der Waals surface area contributed by atoms with Gasteiger partial charge < -0.3 is 25.2 Å². The molecule has 0 aliphatic carbocycles. The first kappa shape index (κ1) is 17.9. The first-order valence-corrected chi connectivity index (χ1v) is 9.82. The third-order valence-corrected chi connectivity index (χ3v) is 5.48. The number of phenols is 1. The molecule has 3 aromatic rings. The molecular formula is C23H20ClN2O3+.